The first-order valence-electron chi connectivity index (χ1n) is 3.93. The number of halogens is 1. The first-order valence-corrected chi connectivity index (χ1v) is 6.42. The van der Waals surface area contributed by atoms with Crippen molar-refractivity contribution >= 4 is 38.6 Å². The summed E-state index contributed by atoms with van der Waals surface area (Å²) < 4.78 is 1.12. The third-order valence-electron chi connectivity index (χ3n) is 1.63. The number of nitrogens with zero attached hydrogens (tertiary/aromatic N) is 1. The molecule has 0 aliphatic rings. The topological polar surface area (TPSA) is 50.9 Å². The molecule has 2 aromatic rings. The predicted molar refractivity (Wildman–Crippen MR) is 64.2 cm³/mol. The van der Waals surface area contributed by atoms with Gasteiger partial charge < -0.3 is 0 Å². The summed E-state index contributed by atoms with van der Waals surface area (Å²) in [6.45, 7) is 0.622. The van der Waals surface area contributed by atoms with Crippen LogP contribution in [0.2, 0.25) is 0 Å². The lowest BCUT2D eigenvalue weighted by Gasteiger charge is -1.91. The zero-order chi connectivity index (χ0) is 9.97. The Labute approximate surface area is 98.1 Å². The number of nitrogens with two attached hydrogens (primary N) is 1. The van der Waals surface area contributed by atoms with Gasteiger partial charge in [0.25, 0.3) is 0 Å². The van der Waals surface area contributed by atoms with E-state index in [4.69, 9.17) is 5.84 Å². The van der Waals surface area contributed by atoms with E-state index in [2.05, 4.69) is 32.4 Å². The maximum Gasteiger partial charge on any atom is 0.109 e. The summed E-state index contributed by atoms with van der Waals surface area (Å²) in [5, 5.41) is 3.05. The molecule has 0 fully saturated rings. The average Bonchev–Trinajstić information content (AvgIpc) is 2.74. The molecule has 0 atom stereocenters. The van der Waals surface area contributed by atoms with Crippen LogP contribution >= 0.6 is 38.6 Å². The van der Waals surface area contributed by atoms with Crippen LogP contribution in [0.4, 0.5) is 0 Å². The van der Waals surface area contributed by atoms with Gasteiger partial charge in [-0.25, -0.2) is 4.98 Å². The molecule has 3 N–H and O–H groups in total. The molecule has 0 amide bonds. The molecule has 0 unspecified atom stereocenters. The molecule has 0 aliphatic heterocycles. The summed E-state index contributed by atoms with van der Waals surface area (Å²) in [4.78, 5) is 5.63. The second kappa shape index (κ2) is 4.50. The quantitative estimate of drug-likeness (QED) is 0.675. The second-order valence-electron chi connectivity index (χ2n) is 2.61. The largest absolute Gasteiger partial charge is 0.271 e. The summed E-state index contributed by atoms with van der Waals surface area (Å²) in [7, 11) is 0. The zero-order valence-corrected chi connectivity index (χ0v) is 10.4. The molecule has 0 radical (unpaired) electrons. The molecule has 74 valence electrons. The normalized spacial score (nSPS) is 10.7. The van der Waals surface area contributed by atoms with Gasteiger partial charge in [0.2, 0.25) is 0 Å². The van der Waals surface area contributed by atoms with Crippen LogP contribution in [-0.2, 0) is 6.54 Å². The van der Waals surface area contributed by atoms with E-state index in [0.717, 1.165) is 14.5 Å². The van der Waals surface area contributed by atoms with E-state index in [0.29, 0.717) is 6.54 Å². The summed E-state index contributed by atoms with van der Waals surface area (Å²) in [5.41, 5.74) is 3.62. The summed E-state index contributed by atoms with van der Waals surface area (Å²) in [6.07, 6.45) is 0. The third-order valence-corrected chi connectivity index (χ3v) is 4.13. The van der Waals surface area contributed by atoms with Crippen molar-refractivity contribution in [2.45, 2.75) is 6.54 Å². The van der Waals surface area contributed by atoms with Gasteiger partial charge in [-0.1, -0.05) is 0 Å². The van der Waals surface area contributed by atoms with Crippen molar-refractivity contribution in [1.29, 1.82) is 0 Å². The van der Waals surface area contributed by atoms with Gasteiger partial charge in [0.1, 0.15) is 5.01 Å². The van der Waals surface area contributed by atoms with Gasteiger partial charge in [0.05, 0.1) is 20.9 Å². The fourth-order valence-electron chi connectivity index (χ4n) is 1.04. The minimum Gasteiger partial charge on any atom is -0.271 e. The number of hydrogen-bond donors (Lipinski definition) is 2. The van der Waals surface area contributed by atoms with E-state index in [-0.39, 0.29) is 0 Å². The molecule has 0 aliphatic carbocycles. The van der Waals surface area contributed by atoms with Crippen molar-refractivity contribution in [1.82, 2.24) is 10.4 Å². The Balaban J connectivity index is 2.24. The van der Waals surface area contributed by atoms with E-state index in [1.807, 2.05) is 11.4 Å². The van der Waals surface area contributed by atoms with Gasteiger partial charge in [0.15, 0.2) is 0 Å². The van der Waals surface area contributed by atoms with E-state index >= 15 is 0 Å². The van der Waals surface area contributed by atoms with E-state index in [9.17, 15) is 0 Å². The van der Waals surface area contributed by atoms with Crippen molar-refractivity contribution in [3.63, 3.8) is 0 Å². The molecule has 6 heteroatoms. The highest BCUT2D eigenvalue weighted by Gasteiger charge is 2.05. The number of thiazole rings is 1. The van der Waals surface area contributed by atoms with Crippen LogP contribution in [0, 0.1) is 0 Å². The summed E-state index contributed by atoms with van der Waals surface area (Å²) in [5.74, 6) is 5.22. The predicted octanol–water partition coefficient (Wildman–Crippen LogP) is 2.60. The highest BCUT2D eigenvalue weighted by atomic mass is 79.9. The maximum absolute atomic E-state index is 5.22. The molecule has 0 spiro atoms. The van der Waals surface area contributed by atoms with Gasteiger partial charge >= 0.3 is 0 Å². The van der Waals surface area contributed by atoms with Crippen molar-refractivity contribution in [3.05, 3.63) is 26.3 Å². The van der Waals surface area contributed by atoms with Crippen LogP contribution in [0.1, 0.15) is 5.01 Å². The van der Waals surface area contributed by atoms with Gasteiger partial charge in [-0.2, -0.15) is 0 Å². The van der Waals surface area contributed by atoms with E-state index in [1.165, 1.54) is 4.88 Å². The van der Waals surface area contributed by atoms with Gasteiger partial charge in [0, 0.05) is 5.38 Å². The Morgan fingerprint density at radius 3 is 3.00 bits per heavy atom. The molecule has 2 rings (SSSR count). The summed E-state index contributed by atoms with van der Waals surface area (Å²) >= 11 is 6.73. The number of rotatable bonds is 3. The zero-order valence-electron chi connectivity index (χ0n) is 7.16. The number of nitrogens with one attached hydrogen (secondary N) is 1. The number of thiophene rings is 1. The molecular weight excluding hydrogens is 282 g/mol. The molecular formula is C8H8BrN3S2. The molecule has 0 saturated heterocycles. The van der Waals surface area contributed by atoms with Gasteiger partial charge in [-0.15, -0.1) is 22.7 Å². The fraction of sp³-hybridized carbons (Fsp3) is 0.125. The van der Waals surface area contributed by atoms with Crippen molar-refractivity contribution < 1.29 is 0 Å². The lowest BCUT2D eigenvalue weighted by atomic mass is 10.4. The molecule has 2 heterocycles. The van der Waals surface area contributed by atoms with Crippen LogP contribution in [0.3, 0.4) is 0 Å². The Morgan fingerprint density at radius 2 is 2.36 bits per heavy atom. The second-order valence-corrected chi connectivity index (χ2v) is 6.02. The molecule has 14 heavy (non-hydrogen) atoms. The first kappa shape index (κ1) is 10.3. The van der Waals surface area contributed by atoms with Gasteiger partial charge in [-0.3, -0.25) is 11.3 Å². The Kier molecular flexibility index (Phi) is 3.30. The third kappa shape index (κ3) is 2.21. The molecule has 0 aromatic carbocycles. The highest BCUT2D eigenvalue weighted by molar-refractivity contribution is 9.11. The monoisotopic (exact) mass is 289 g/mol. The number of hydrogen-bond acceptors (Lipinski definition) is 5. The van der Waals surface area contributed by atoms with Crippen LogP contribution < -0.4 is 11.3 Å². The van der Waals surface area contributed by atoms with Crippen molar-refractivity contribution in [3.8, 4) is 10.6 Å². The van der Waals surface area contributed by atoms with Crippen molar-refractivity contribution in [2.24, 2.45) is 5.84 Å². The van der Waals surface area contributed by atoms with E-state index in [1.54, 1.807) is 22.7 Å². The van der Waals surface area contributed by atoms with Crippen molar-refractivity contribution in [2.75, 3.05) is 0 Å². The molecule has 0 saturated carbocycles. The Hall–Kier alpha value is -0.270. The minimum absolute atomic E-state index is 0.622. The van der Waals surface area contributed by atoms with Crippen LogP contribution in [0.15, 0.2) is 21.3 Å². The summed E-state index contributed by atoms with van der Waals surface area (Å²) in [6, 6.07) is 4.09. The smallest absolute Gasteiger partial charge is 0.109 e. The highest BCUT2D eigenvalue weighted by Crippen LogP contribution is 2.31. The first-order chi connectivity index (χ1) is 6.79. The number of hydrazine groups is 1. The SMILES string of the molecule is NNCc1nc(-c2ccc(Br)s2)cs1. The lowest BCUT2D eigenvalue weighted by Crippen LogP contribution is -2.20. The molecule has 2 aromatic heterocycles. The molecule has 3 nitrogen and oxygen atoms in total. The van der Waals surface area contributed by atoms with E-state index < -0.39 is 0 Å². The molecule has 0 bridgehead atoms. The van der Waals surface area contributed by atoms with Crippen LogP contribution in [-0.4, -0.2) is 4.98 Å². The average molecular weight is 290 g/mol. The van der Waals surface area contributed by atoms with Crippen LogP contribution in [0.25, 0.3) is 10.6 Å². The maximum atomic E-state index is 5.22. The number of aromatic nitrogens is 1. The Bertz CT molecular complexity index is 424. The standard InChI is InChI=1S/C8H8BrN3S2/c9-7-2-1-6(14-7)5-4-13-8(12-5)3-11-10/h1-2,4,11H,3,10H2. The fourth-order valence-corrected chi connectivity index (χ4v) is 3.21. The minimum atomic E-state index is 0.622. The van der Waals surface area contributed by atoms with Gasteiger partial charge in [-0.05, 0) is 28.1 Å². The Morgan fingerprint density at radius 1 is 1.50 bits per heavy atom. The van der Waals surface area contributed by atoms with Crippen LogP contribution in [0.5, 0.6) is 0 Å². The lowest BCUT2D eigenvalue weighted by molar-refractivity contribution is 0.737.